The number of carbonyl (C=O) groups excluding carboxylic acids is 2. The molecule has 4 rings (SSSR count). The predicted molar refractivity (Wildman–Crippen MR) is 114 cm³/mol. The van der Waals surface area contributed by atoms with Crippen molar-refractivity contribution >= 4 is 17.6 Å². The fourth-order valence-corrected chi connectivity index (χ4v) is 4.05. The first-order valence-corrected chi connectivity index (χ1v) is 10.5. The molecule has 1 aliphatic carbocycles. The second-order valence-electron chi connectivity index (χ2n) is 8.43. The Hall–Kier alpha value is -2.87. The number of nitrogens with one attached hydrogen (secondary N) is 3. The summed E-state index contributed by atoms with van der Waals surface area (Å²) >= 11 is 0. The number of aromatic amines is 1. The van der Waals surface area contributed by atoms with Crippen LogP contribution in [0.2, 0.25) is 0 Å². The van der Waals surface area contributed by atoms with Crippen LogP contribution in [0.25, 0.3) is 0 Å². The van der Waals surface area contributed by atoms with Crippen LogP contribution in [0.5, 0.6) is 0 Å². The number of methoxy groups -OCH3 is 1. The van der Waals surface area contributed by atoms with E-state index in [9.17, 15) is 9.59 Å². The van der Waals surface area contributed by atoms with Crippen molar-refractivity contribution in [3.63, 3.8) is 0 Å². The molecule has 1 atom stereocenters. The van der Waals surface area contributed by atoms with E-state index in [0.717, 1.165) is 29.8 Å². The van der Waals surface area contributed by atoms with Gasteiger partial charge in [-0.1, -0.05) is 12.1 Å². The number of hydrogen-bond donors (Lipinski definition) is 3. The Labute approximate surface area is 176 Å². The highest BCUT2D eigenvalue weighted by molar-refractivity contribution is 5.93. The van der Waals surface area contributed by atoms with E-state index in [2.05, 4.69) is 20.8 Å². The minimum Gasteiger partial charge on any atom is -0.385 e. The largest absolute Gasteiger partial charge is 0.385 e. The van der Waals surface area contributed by atoms with E-state index in [1.54, 1.807) is 12.0 Å². The van der Waals surface area contributed by atoms with Crippen molar-refractivity contribution in [3.8, 4) is 0 Å². The van der Waals surface area contributed by atoms with E-state index >= 15 is 0 Å². The second-order valence-corrected chi connectivity index (χ2v) is 8.43. The first-order valence-electron chi connectivity index (χ1n) is 10.5. The van der Waals surface area contributed by atoms with Crippen molar-refractivity contribution in [2.24, 2.45) is 0 Å². The fraction of sp³-hybridized carbons (Fsp3) is 0.500. The number of likely N-dealkylation sites (tertiary alicyclic amines) is 1. The number of aryl methyl sites for hydroxylation is 1. The summed E-state index contributed by atoms with van der Waals surface area (Å²) in [7, 11) is 1.64. The third kappa shape index (κ3) is 4.64. The molecule has 1 saturated heterocycles. The maximum atomic E-state index is 13.0. The summed E-state index contributed by atoms with van der Waals surface area (Å²) in [4.78, 5) is 27.4. The van der Waals surface area contributed by atoms with Crippen molar-refractivity contribution in [1.29, 1.82) is 0 Å². The molecule has 2 heterocycles. The van der Waals surface area contributed by atoms with Gasteiger partial charge in [0, 0.05) is 44.1 Å². The molecule has 0 radical (unpaired) electrons. The van der Waals surface area contributed by atoms with E-state index in [0.29, 0.717) is 44.1 Å². The number of nitrogens with zero attached hydrogens (tertiary/aromatic N) is 2. The third-order valence-corrected chi connectivity index (χ3v) is 5.91. The van der Waals surface area contributed by atoms with Gasteiger partial charge in [0.1, 0.15) is 5.69 Å². The molecule has 3 amide bonds. The van der Waals surface area contributed by atoms with Gasteiger partial charge in [0.2, 0.25) is 0 Å². The number of H-pyrrole nitrogens is 1. The molecule has 3 N–H and O–H groups in total. The Balaban J connectivity index is 1.42. The Morgan fingerprint density at radius 2 is 2.17 bits per heavy atom. The van der Waals surface area contributed by atoms with Gasteiger partial charge in [-0.05, 0) is 56.4 Å². The van der Waals surface area contributed by atoms with E-state index in [4.69, 9.17) is 4.74 Å². The number of carbonyl (C=O) groups is 2. The number of anilines is 1. The molecule has 0 bridgehead atoms. The predicted octanol–water partition coefficient (Wildman–Crippen LogP) is 3.04. The molecule has 1 saturated carbocycles. The van der Waals surface area contributed by atoms with Gasteiger partial charge in [-0.2, -0.15) is 5.10 Å². The number of benzene rings is 1. The van der Waals surface area contributed by atoms with Crippen LogP contribution in [-0.4, -0.2) is 59.4 Å². The first kappa shape index (κ1) is 20.4. The van der Waals surface area contributed by atoms with Crippen molar-refractivity contribution < 1.29 is 14.3 Å². The van der Waals surface area contributed by atoms with Crippen molar-refractivity contribution in [3.05, 3.63) is 47.3 Å². The summed E-state index contributed by atoms with van der Waals surface area (Å²) in [5, 5.41) is 13.2. The molecule has 160 valence electrons. The van der Waals surface area contributed by atoms with Gasteiger partial charge < -0.3 is 20.3 Å². The highest BCUT2D eigenvalue weighted by Crippen LogP contribution is 2.39. The Morgan fingerprint density at radius 3 is 2.90 bits per heavy atom. The lowest BCUT2D eigenvalue weighted by Gasteiger charge is -2.30. The lowest BCUT2D eigenvalue weighted by molar-refractivity contribution is 0.0767. The number of urea groups is 1. The molecule has 2 fully saturated rings. The molecule has 2 aromatic rings. The summed E-state index contributed by atoms with van der Waals surface area (Å²) < 4.78 is 5.27. The topological polar surface area (TPSA) is 99.4 Å². The number of amides is 3. The van der Waals surface area contributed by atoms with Crippen LogP contribution in [-0.2, 0) is 4.74 Å². The maximum Gasteiger partial charge on any atom is 0.319 e. The second kappa shape index (κ2) is 8.47. The van der Waals surface area contributed by atoms with Gasteiger partial charge in [-0.25, -0.2) is 4.79 Å². The van der Waals surface area contributed by atoms with Crippen LogP contribution in [0.15, 0.2) is 30.3 Å². The molecule has 8 nitrogen and oxygen atoms in total. The summed E-state index contributed by atoms with van der Waals surface area (Å²) in [5.41, 5.74) is 2.77. The van der Waals surface area contributed by atoms with Gasteiger partial charge in [-0.3, -0.25) is 9.89 Å². The quantitative estimate of drug-likeness (QED) is 0.652. The average molecular weight is 412 g/mol. The zero-order chi connectivity index (χ0) is 21.1. The molecular weight excluding hydrogens is 382 g/mol. The van der Waals surface area contributed by atoms with Gasteiger partial charge in [0.05, 0.1) is 5.54 Å². The molecule has 8 heteroatoms. The molecular formula is C22H29N5O3. The molecule has 0 spiro atoms. The zero-order valence-corrected chi connectivity index (χ0v) is 17.5. The highest BCUT2D eigenvalue weighted by Gasteiger charge is 2.41. The molecule has 2 aliphatic rings. The van der Waals surface area contributed by atoms with Crippen molar-refractivity contribution in [2.75, 3.05) is 32.1 Å². The van der Waals surface area contributed by atoms with Crippen LogP contribution in [0, 0.1) is 6.92 Å². The van der Waals surface area contributed by atoms with Crippen LogP contribution in [0.3, 0.4) is 0 Å². The van der Waals surface area contributed by atoms with Gasteiger partial charge >= 0.3 is 6.03 Å². The average Bonchev–Trinajstić information content (AvgIpc) is 3.30. The molecule has 1 aromatic carbocycles. The zero-order valence-electron chi connectivity index (χ0n) is 17.5. The van der Waals surface area contributed by atoms with Gasteiger partial charge in [0.25, 0.3) is 5.91 Å². The van der Waals surface area contributed by atoms with Crippen LogP contribution < -0.4 is 10.6 Å². The van der Waals surface area contributed by atoms with E-state index in [1.807, 2.05) is 37.3 Å². The van der Waals surface area contributed by atoms with Crippen LogP contribution in [0.1, 0.15) is 53.3 Å². The van der Waals surface area contributed by atoms with Crippen molar-refractivity contribution in [1.82, 2.24) is 20.4 Å². The van der Waals surface area contributed by atoms with Crippen molar-refractivity contribution in [2.45, 2.75) is 44.1 Å². The minimum absolute atomic E-state index is 0.0988. The first-order chi connectivity index (χ1) is 14.5. The van der Waals surface area contributed by atoms with Gasteiger partial charge in [0.15, 0.2) is 0 Å². The Kier molecular flexibility index (Phi) is 5.76. The Morgan fingerprint density at radius 1 is 1.33 bits per heavy atom. The van der Waals surface area contributed by atoms with Gasteiger partial charge in [-0.15, -0.1) is 0 Å². The summed E-state index contributed by atoms with van der Waals surface area (Å²) in [6, 6.07) is 9.25. The number of hydrogen-bond acceptors (Lipinski definition) is 4. The third-order valence-electron chi connectivity index (χ3n) is 5.91. The highest BCUT2D eigenvalue weighted by atomic mass is 16.5. The number of rotatable bonds is 7. The van der Waals surface area contributed by atoms with Crippen LogP contribution >= 0.6 is 0 Å². The monoisotopic (exact) mass is 411 g/mol. The number of ether oxygens (including phenoxy) is 1. The number of aromatic nitrogens is 2. The molecule has 30 heavy (non-hydrogen) atoms. The van der Waals surface area contributed by atoms with E-state index in [1.165, 1.54) is 0 Å². The normalized spacial score (nSPS) is 20.9. The molecule has 1 aromatic heterocycles. The SMILES string of the molecule is COCCC1(NC(=O)Nc2cccc(C)c2)CCN(C(=O)c2cc(C3CC3)[nH]n2)C1. The van der Waals surface area contributed by atoms with E-state index in [-0.39, 0.29) is 11.9 Å². The summed E-state index contributed by atoms with van der Waals surface area (Å²) in [6.45, 7) is 3.48. The standard InChI is InChI=1S/C22H29N5O3/c1-15-4-3-5-17(12-15)23-21(29)24-22(9-11-30-2)8-10-27(14-22)20(28)19-13-18(25-26-19)16-6-7-16/h3-5,12-13,16H,6-11,14H2,1-2H3,(H,25,26)(H2,23,24,29). The molecule has 1 aliphatic heterocycles. The van der Waals surface area contributed by atoms with E-state index < -0.39 is 5.54 Å². The molecule has 1 unspecified atom stereocenters. The van der Waals surface area contributed by atoms with Crippen LogP contribution in [0.4, 0.5) is 10.5 Å². The lowest BCUT2D eigenvalue weighted by Crippen LogP contribution is -2.53. The maximum absolute atomic E-state index is 13.0. The Bertz CT molecular complexity index is 923. The lowest BCUT2D eigenvalue weighted by atomic mass is 9.94. The minimum atomic E-state index is -0.533. The fourth-order valence-electron chi connectivity index (χ4n) is 4.05. The summed E-state index contributed by atoms with van der Waals surface area (Å²) in [5.74, 6) is 0.420. The summed E-state index contributed by atoms with van der Waals surface area (Å²) in [6.07, 6.45) is 3.60. The smallest absolute Gasteiger partial charge is 0.319 e.